The van der Waals surface area contributed by atoms with Crippen LogP contribution in [0.15, 0.2) is 18.2 Å². The summed E-state index contributed by atoms with van der Waals surface area (Å²) in [6.07, 6.45) is 0. The van der Waals surface area contributed by atoms with Gasteiger partial charge in [0.25, 0.3) is 0 Å². The molecule has 1 N–H and O–H groups in total. The van der Waals surface area contributed by atoms with Crippen LogP contribution in [0.5, 0.6) is 0 Å². The third kappa shape index (κ3) is 3.01. The number of rotatable bonds is 4. The molecule has 0 amide bonds. The maximum atomic E-state index is 6.03. The predicted molar refractivity (Wildman–Crippen MR) is 78.1 cm³/mol. The first-order chi connectivity index (χ1) is 8.08. The standard InChI is InChI=1S/C14H18ClNS/c1-9(2)7-16-8-14-10(3)12-6-11(15)4-5-13(12)17-14/h4-6,9,16H,7-8H2,1-3H3. The van der Waals surface area contributed by atoms with Crippen molar-refractivity contribution in [1.82, 2.24) is 5.32 Å². The molecule has 1 nitrogen and oxygen atoms in total. The molecule has 2 rings (SSSR count). The van der Waals surface area contributed by atoms with E-state index in [4.69, 9.17) is 11.6 Å². The molecule has 0 fully saturated rings. The van der Waals surface area contributed by atoms with Gasteiger partial charge in [0.05, 0.1) is 0 Å². The first kappa shape index (κ1) is 12.9. The van der Waals surface area contributed by atoms with E-state index in [2.05, 4.69) is 38.2 Å². The highest BCUT2D eigenvalue weighted by Gasteiger charge is 2.08. The number of benzene rings is 1. The normalized spacial score (nSPS) is 11.6. The molecule has 0 aliphatic carbocycles. The van der Waals surface area contributed by atoms with Gasteiger partial charge in [-0.2, -0.15) is 0 Å². The van der Waals surface area contributed by atoms with Crippen LogP contribution in [0.1, 0.15) is 24.3 Å². The third-order valence-electron chi connectivity index (χ3n) is 2.84. The second-order valence-electron chi connectivity index (χ2n) is 4.82. The molecule has 0 unspecified atom stereocenters. The van der Waals surface area contributed by atoms with Crippen molar-refractivity contribution in [1.29, 1.82) is 0 Å². The van der Waals surface area contributed by atoms with Crippen LogP contribution in [-0.2, 0) is 6.54 Å². The van der Waals surface area contributed by atoms with Crippen molar-refractivity contribution in [3.05, 3.63) is 33.7 Å². The second kappa shape index (κ2) is 5.38. The maximum Gasteiger partial charge on any atom is 0.0413 e. The lowest BCUT2D eigenvalue weighted by Gasteiger charge is -2.06. The summed E-state index contributed by atoms with van der Waals surface area (Å²) in [6, 6.07) is 6.14. The topological polar surface area (TPSA) is 12.0 Å². The van der Waals surface area contributed by atoms with Gasteiger partial charge in [0, 0.05) is 21.1 Å². The first-order valence-electron chi connectivity index (χ1n) is 5.96. The quantitative estimate of drug-likeness (QED) is 0.853. The van der Waals surface area contributed by atoms with E-state index in [0.717, 1.165) is 18.1 Å². The molecule has 17 heavy (non-hydrogen) atoms. The number of aryl methyl sites for hydroxylation is 1. The summed E-state index contributed by atoms with van der Waals surface area (Å²) in [5, 5.41) is 5.61. The van der Waals surface area contributed by atoms with Gasteiger partial charge in [-0.15, -0.1) is 11.3 Å². The van der Waals surface area contributed by atoms with Crippen LogP contribution in [0, 0.1) is 12.8 Å². The van der Waals surface area contributed by atoms with E-state index in [1.54, 1.807) is 0 Å². The molecular weight excluding hydrogens is 250 g/mol. The zero-order chi connectivity index (χ0) is 12.4. The number of fused-ring (bicyclic) bond motifs is 1. The maximum absolute atomic E-state index is 6.03. The Morgan fingerprint density at radius 3 is 2.82 bits per heavy atom. The van der Waals surface area contributed by atoms with Gasteiger partial charge in [0.2, 0.25) is 0 Å². The molecule has 1 aromatic heterocycles. The molecule has 3 heteroatoms. The molecule has 0 radical (unpaired) electrons. The van der Waals surface area contributed by atoms with Crippen molar-refractivity contribution in [3.8, 4) is 0 Å². The van der Waals surface area contributed by atoms with Crippen LogP contribution >= 0.6 is 22.9 Å². The van der Waals surface area contributed by atoms with Gasteiger partial charge in [-0.3, -0.25) is 0 Å². The Morgan fingerprint density at radius 2 is 2.12 bits per heavy atom. The number of hydrogen-bond donors (Lipinski definition) is 1. The highest BCUT2D eigenvalue weighted by atomic mass is 35.5. The lowest BCUT2D eigenvalue weighted by Crippen LogP contribution is -2.18. The molecule has 0 aliphatic rings. The fourth-order valence-corrected chi connectivity index (χ4v) is 3.22. The van der Waals surface area contributed by atoms with Gasteiger partial charge in [0.15, 0.2) is 0 Å². The van der Waals surface area contributed by atoms with E-state index in [1.807, 2.05) is 17.4 Å². The summed E-state index contributed by atoms with van der Waals surface area (Å²) in [6.45, 7) is 8.66. The summed E-state index contributed by atoms with van der Waals surface area (Å²) in [5.41, 5.74) is 1.36. The highest BCUT2D eigenvalue weighted by Crippen LogP contribution is 2.32. The van der Waals surface area contributed by atoms with Crippen molar-refractivity contribution in [2.75, 3.05) is 6.54 Å². The van der Waals surface area contributed by atoms with Gasteiger partial charge in [-0.25, -0.2) is 0 Å². The van der Waals surface area contributed by atoms with E-state index in [-0.39, 0.29) is 0 Å². The number of thiophene rings is 1. The van der Waals surface area contributed by atoms with Gasteiger partial charge in [0.1, 0.15) is 0 Å². The van der Waals surface area contributed by atoms with E-state index < -0.39 is 0 Å². The Hall–Kier alpha value is -0.570. The lowest BCUT2D eigenvalue weighted by molar-refractivity contribution is 0.554. The molecule has 2 aromatic rings. The minimum absolute atomic E-state index is 0.694. The minimum atomic E-state index is 0.694. The Morgan fingerprint density at radius 1 is 1.35 bits per heavy atom. The summed E-state index contributed by atoms with van der Waals surface area (Å²) >= 11 is 7.90. The molecule has 0 saturated carbocycles. The number of nitrogens with one attached hydrogen (secondary N) is 1. The Balaban J connectivity index is 2.20. The fourth-order valence-electron chi connectivity index (χ4n) is 1.89. The highest BCUT2D eigenvalue weighted by molar-refractivity contribution is 7.19. The SMILES string of the molecule is Cc1c(CNCC(C)C)sc2ccc(Cl)cc12. The van der Waals surface area contributed by atoms with Crippen molar-refractivity contribution in [2.45, 2.75) is 27.3 Å². The van der Waals surface area contributed by atoms with Crippen LogP contribution in [0.3, 0.4) is 0 Å². The molecule has 92 valence electrons. The van der Waals surface area contributed by atoms with Crippen LogP contribution in [0.2, 0.25) is 5.02 Å². The molecule has 1 heterocycles. The van der Waals surface area contributed by atoms with E-state index in [0.29, 0.717) is 5.92 Å². The molecule has 0 aliphatic heterocycles. The van der Waals surface area contributed by atoms with Crippen molar-refractivity contribution in [2.24, 2.45) is 5.92 Å². The van der Waals surface area contributed by atoms with E-state index >= 15 is 0 Å². The smallest absolute Gasteiger partial charge is 0.0413 e. The average Bonchev–Trinajstić information content (AvgIpc) is 2.56. The molecular formula is C14H18ClNS. The Bertz CT molecular complexity index is 516. The summed E-state index contributed by atoms with van der Waals surface area (Å²) in [5.74, 6) is 0.694. The van der Waals surface area contributed by atoms with Crippen LogP contribution in [0.4, 0.5) is 0 Å². The lowest BCUT2D eigenvalue weighted by atomic mass is 10.1. The molecule has 0 saturated heterocycles. The summed E-state index contributed by atoms with van der Waals surface area (Å²) < 4.78 is 1.33. The van der Waals surface area contributed by atoms with Gasteiger partial charge in [-0.05, 0) is 48.5 Å². The predicted octanol–water partition coefficient (Wildman–Crippen LogP) is 4.61. The van der Waals surface area contributed by atoms with Gasteiger partial charge in [-0.1, -0.05) is 25.4 Å². The van der Waals surface area contributed by atoms with E-state index in [9.17, 15) is 0 Å². The minimum Gasteiger partial charge on any atom is -0.312 e. The Kier molecular flexibility index (Phi) is 4.08. The van der Waals surface area contributed by atoms with Crippen molar-refractivity contribution in [3.63, 3.8) is 0 Å². The number of hydrogen-bond acceptors (Lipinski definition) is 2. The third-order valence-corrected chi connectivity index (χ3v) is 4.34. The van der Waals surface area contributed by atoms with Crippen LogP contribution in [-0.4, -0.2) is 6.54 Å². The van der Waals surface area contributed by atoms with Crippen LogP contribution < -0.4 is 5.32 Å². The first-order valence-corrected chi connectivity index (χ1v) is 7.15. The molecule has 0 bridgehead atoms. The van der Waals surface area contributed by atoms with Crippen LogP contribution in [0.25, 0.3) is 10.1 Å². The summed E-state index contributed by atoms with van der Waals surface area (Å²) in [4.78, 5) is 1.42. The van der Waals surface area contributed by atoms with Gasteiger partial charge < -0.3 is 5.32 Å². The molecule has 1 aromatic carbocycles. The molecule has 0 spiro atoms. The molecule has 0 atom stereocenters. The fraction of sp³-hybridized carbons (Fsp3) is 0.429. The monoisotopic (exact) mass is 267 g/mol. The largest absolute Gasteiger partial charge is 0.312 e. The van der Waals surface area contributed by atoms with E-state index in [1.165, 1.54) is 20.5 Å². The second-order valence-corrected chi connectivity index (χ2v) is 6.39. The van der Waals surface area contributed by atoms with Crippen molar-refractivity contribution < 1.29 is 0 Å². The zero-order valence-electron chi connectivity index (χ0n) is 10.5. The average molecular weight is 268 g/mol. The van der Waals surface area contributed by atoms with Crippen molar-refractivity contribution >= 4 is 33.0 Å². The zero-order valence-corrected chi connectivity index (χ0v) is 12.1. The summed E-state index contributed by atoms with van der Waals surface area (Å²) in [7, 11) is 0. The number of halogens is 1. The van der Waals surface area contributed by atoms with Gasteiger partial charge >= 0.3 is 0 Å². The Labute approximate surface area is 112 Å².